The second-order valence-electron chi connectivity index (χ2n) is 6.81. The maximum absolute atomic E-state index is 12.3. The van der Waals surface area contributed by atoms with Crippen molar-refractivity contribution < 1.29 is 14.3 Å². The SMILES string of the molecule is CSN(C(=O)OC(C)(C)C)c1ccc(Oc2ccnc3ncc(=O)[nH]c23)cc1. The number of hydrogen-bond acceptors (Lipinski definition) is 7. The van der Waals surface area contributed by atoms with Crippen molar-refractivity contribution in [2.45, 2.75) is 26.4 Å². The van der Waals surface area contributed by atoms with E-state index in [0.717, 1.165) is 0 Å². The number of amides is 1. The standard InChI is InChI=1S/C19H20N4O4S/c1-19(2,3)27-18(25)23(28-4)12-5-7-13(8-6-12)26-14-9-10-20-17-16(14)22-15(24)11-21-17/h5-11H,1-4H3,(H,22,24). The molecule has 28 heavy (non-hydrogen) atoms. The van der Waals surface area contributed by atoms with E-state index >= 15 is 0 Å². The van der Waals surface area contributed by atoms with Crippen molar-refractivity contribution in [1.29, 1.82) is 0 Å². The fraction of sp³-hybridized carbons (Fsp3) is 0.263. The fourth-order valence-electron chi connectivity index (χ4n) is 2.37. The van der Waals surface area contributed by atoms with E-state index in [4.69, 9.17) is 9.47 Å². The third-order valence-corrected chi connectivity index (χ3v) is 4.21. The van der Waals surface area contributed by atoms with Crippen LogP contribution in [0.15, 0.2) is 47.5 Å². The number of anilines is 1. The van der Waals surface area contributed by atoms with Gasteiger partial charge in [-0.3, -0.25) is 4.79 Å². The summed E-state index contributed by atoms with van der Waals surface area (Å²) in [4.78, 5) is 34.7. The van der Waals surface area contributed by atoms with Gasteiger partial charge in [-0.15, -0.1) is 0 Å². The number of fused-ring (bicyclic) bond motifs is 1. The summed E-state index contributed by atoms with van der Waals surface area (Å²) < 4.78 is 12.7. The molecule has 9 heteroatoms. The van der Waals surface area contributed by atoms with E-state index in [9.17, 15) is 9.59 Å². The van der Waals surface area contributed by atoms with Crippen molar-refractivity contribution in [1.82, 2.24) is 15.0 Å². The lowest BCUT2D eigenvalue weighted by Crippen LogP contribution is -2.32. The Labute approximate surface area is 166 Å². The van der Waals surface area contributed by atoms with Crippen LogP contribution in [0.4, 0.5) is 10.5 Å². The van der Waals surface area contributed by atoms with E-state index < -0.39 is 11.7 Å². The van der Waals surface area contributed by atoms with Crippen molar-refractivity contribution in [3.8, 4) is 11.5 Å². The molecule has 0 aliphatic carbocycles. The molecular formula is C19H20N4O4S. The number of rotatable bonds is 4. The Morgan fingerprint density at radius 3 is 2.50 bits per heavy atom. The number of carbonyl (C=O) groups is 1. The number of aromatic amines is 1. The summed E-state index contributed by atoms with van der Waals surface area (Å²) in [5.41, 5.74) is 0.532. The lowest BCUT2D eigenvalue weighted by atomic mass is 10.2. The number of nitrogens with one attached hydrogen (secondary N) is 1. The van der Waals surface area contributed by atoms with Crippen LogP contribution in [-0.2, 0) is 4.74 Å². The fourth-order valence-corrected chi connectivity index (χ4v) is 2.89. The zero-order chi connectivity index (χ0) is 20.3. The van der Waals surface area contributed by atoms with Gasteiger partial charge in [-0.2, -0.15) is 0 Å². The lowest BCUT2D eigenvalue weighted by Gasteiger charge is -2.25. The Morgan fingerprint density at radius 2 is 1.86 bits per heavy atom. The normalized spacial score (nSPS) is 11.3. The number of carbonyl (C=O) groups excluding carboxylic acids is 1. The lowest BCUT2D eigenvalue weighted by molar-refractivity contribution is 0.0612. The summed E-state index contributed by atoms with van der Waals surface area (Å²) in [6.07, 6.45) is 4.06. The molecule has 0 fully saturated rings. The van der Waals surface area contributed by atoms with E-state index in [-0.39, 0.29) is 5.56 Å². The quantitative estimate of drug-likeness (QED) is 0.658. The Balaban J connectivity index is 1.82. The van der Waals surface area contributed by atoms with Crippen LogP contribution in [-0.4, -0.2) is 32.9 Å². The van der Waals surface area contributed by atoms with Crippen LogP contribution < -0.4 is 14.6 Å². The van der Waals surface area contributed by atoms with Gasteiger partial charge in [-0.1, -0.05) is 0 Å². The van der Waals surface area contributed by atoms with E-state index in [0.29, 0.717) is 28.4 Å². The molecule has 0 atom stereocenters. The number of pyridine rings is 1. The van der Waals surface area contributed by atoms with E-state index in [1.807, 2.05) is 20.8 Å². The maximum atomic E-state index is 12.3. The average molecular weight is 400 g/mol. The molecule has 1 aromatic carbocycles. The Bertz CT molecular complexity index is 1040. The maximum Gasteiger partial charge on any atom is 0.425 e. The summed E-state index contributed by atoms with van der Waals surface area (Å²) in [5, 5.41) is 0. The van der Waals surface area contributed by atoms with Gasteiger partial charge in [0.1, 0.15) is 16.9 Å². The van der Waals surface area contributed by atoms with Crippen molar-refractivity contribution in [3.63, 3.8) is 0 Å². The molecular weight excluding hydrogens is 380 g/mol. The molecule has 0 aliphatic heterocycles. The number of benzene rings is 1. The van der Waals surface area contributed by atoms with Gasteiger partial charge in [0.15, 0.2) is 11.4 Å². The van der Waals surface area contributed by atoms with Crippen LogP contribution in [0.25, 0.3) is 11.2 Å². The van der Waals surface area contributed by atoms with Gasteiger partial charge in [-0.05, 0) is 57.0 Å². The van der Waals surface area contributed by atoms with Gasteiger partial charge in [0.2, 0.25) is 0 Å². The molecule has 1 amide bonds. The Hall–Kier alpha value is -3.07. The van der Waals surface area contributed by atoms with Gasteiger partial charge < -0.3 is 14.5 Å². The molecule has 0 radical (unpaired) electrons. The smallest absolute Gasteiger partial charge is 0.425 e. The molecule has 8 nitrogen and oxygen atoms in total. The first kappa shape index (κ1) is 19.7. The number of aromatic nitrogens is 3. The predicted molar refractivity (Wildman–Crippen MR) is 109 cm³/mol. The molecule has 1 N–H and O–H groups in total. The molecule has 2 aromatic heterocycles. The predicted octanol–water partition coefficient (Wildman–Crippen LogP) is 4.13. The molecule has 146 valence electrons. The second kappa shape index (κ2) is 7.89. The van der Waals surface area contributed by atoms with Gasteiger partial charge in [0, 0.05) is 18.5 Å². The molecule has 3 rings (SSSR count). The van der Waals surface area contributed by atoms with Crippen LogP contribution >= 0.6 is 11.9 Å². The van der Waals surface area contributed by atoms with E-state index in [2.05, 4.69) is 15.0 Å². The molecule has 3 aromatic rings. The van der Waals surface area contributed by atoms with Crippen LogP contribution in [0.1, 0.15) is 20.8 Å². The number of hydrogen-bond donors (Lipinski definition) is 1. The second-order valence-corrected chi connectivity index (χ2v) is 7.54. The van der Waals surface area contributed by atoms with Crippen molar-refractivity contribution >= 4 is 34.9 Å². The topological polar surface area (TPSA) is 97.4 Å². The molecule has 2 heterocycles. The summed E-state index contributed by atoms with van der Waals surface area (Å²) >= 11 is 1.25. The molecule has 0 bridgehead atoms. The number of nitrogens with zero attached hydrogens (tertiary/aromatic N) is 3. The highest BCUT2D eigenvalue weighted by molar-refractivity contribution is 8.00. The average Bonchev–Trinajstić information content (AvgIpc) is 2.63. The van der Waals surface area contributed by atoms with Gasteiger partial charge in [0.05, 0.1) is 11.9 Å². The van der Waals surface area contributed by atoms with Gasteiger partial charge >= 0.3 is 6.09 Å². The zero-order valence-electron chi connectivity index (χ0n) is 15.9. The molecule has 0 saturated heterocycles. The summed E-state index contributed by atoms with van der Waals surface area (Å²) in [6.45, 7) is 5.45. The van der Waals surface area contributed by atoms with Crippen molar-refractivity contribution in [2.24, 2.45) is 0 Å². The highest BCUT2D eigenvalue weighted by Crippen LogP contribution is 2.30. The minimum absolute atomic E-state index is 0.339. The van der Waals surface area contributed by atoms with Crippen LogP contribution in [0.3, 0.4) is 0 Å². The molecule has 0 saturated carbocycles. The van der Waals surface area contributed by atoms with Crippen LogP contribution in [0, 0.1) is 0 Å². The monoisotopic (exact) mass is 400 g/mol. The largest absolute Gasteiger partial charge is 0.455 e. The van der Waals surface area contributed by atoms with E-state index in [1.54, 1.807) is 42.8 Å². The van der Waals surface area contributed by atoms with Crippen LogP contribution in [0.2, 0.25) is 0 Å². The van der Waals surface area contributed by atoms with E-state index in [1.165, 1.54) is 22.4 Å². The first-order valence-corrected chi connectivity index (χ1v) is 9.64. The zero-order valence-corrected chi connectivity index (χ0v) is 16.7. The highest BCUT2D eigenvalue weighted by atomic mass is 32.2. The third-order valence-electron chi connectivity index (χ3n) is 3.49. The number of ether oxygens (including phenoxy) is 2. The third kappa shape index (κ3) is 4.61. The van der Waals surface area contributed by atoms with Crippen molar-refractivity contribution in [2.75, 3.05) is 10.6 Å². The first-order valence-electron chi connectivity index (χ1n) is 8.46. The molecule has 0 spiro atoms. The van der Waals surface area contributed by atoms with Crippen molar-refractivity contribution in [3.05, 3.63) is 53.1 Å². The summed E-state index contributed by atoms with van der Waals surface area (Å²) in [7, 11) is 0. The highest BCUT2D eigenvalue weighted by Gasteiger charge is 2.23. The summed E-state index contributed by atoms with van der Waals surface area (Å²) in [6, 6.07) is 8.59. The van der Waals surface area contributed by atoms with Gasteiger partial charge in [-0.25, -0.2) is 19.1 Å². The first-order chi connectivity index (χ1) is 13.3. The summed E-state index contributed by atoms with van der Waals surface area (Å²) in [5.74, 6) is 0.961. The minimum Gasteiger partial charge on any atom is -0.455 e. The van der Waals surface area contributed by atoms with Gasteiger partial charge in [0.25, 0.3) is 5.56 Å². The Kier molecular flexibility index (Phi) is 5.55. The Morgan fingerprint density at radius 1 is 1.14 bits per heavy atom. The molecule has 0 unspecified atom stereocenters. The van der Waals surface area contributed by atoms with Crippen LogP contribution in [0.5, 0.6) is 11.5 Å². The molecule has 0 aliphatic rings. The minimum atomic E-state index is -0.582. The number of H-pyrrole nitrogens is 1.